The number of ether oxygens (including phenoxy) is 4. The Morgan fingerprint density at radius 3 is 2.40 bits per heavy atom. The number of carbonyl (C=O) groups excluding carboxylic acids is 1. The highest BCUT2D eigenvalue weighted by Crippen LogP contribution is 2.38. The molecule has 1 amide bonds. The molecule has 0 spiro atoms. The lowest BCUT2D eigenvalue weighted by Gasteiger charge is -2.16. The molecule has 12 heteroatoms. The minimum Gasteiger partial charge on any atom is -0.493 e. The van der Waals surface area contributed by atoms with Crippen molar-refractivity contribution < 1.29 is 32.5 Å². The van der Waals surface area contributed by atoms with Crippen LogP contribution in [0.5, 0.6) is 28.7 Å². The average molecular weight is 595 g/mol. The fourth-order valence-electron chi connectivity index (χ4n) is 4.33. The summed E-state index contributed by atoms with van der Waals surface area (Å²) in [7, 11) is 3.02. The highest BCUT2D eigenvalue weighted by molar-refractivity contribution is 6.39. The number of hydrogen-bond donors (Lipinski definition) is 0. The molecule has 0 N–H and O–H groups in total. The monoisotopic (exact) mass is 594 g/mol. The van der Waals surface area contributed by atoms with Gasteiger partial charge in [-0.2, -0.15) is 5.10 Å². The third-order valence-electron chi connectivity index (χ3n) is 6.34. The zero-order valence-electron chi connectivity index (χ0n) is 23.0. The average Bonchev–Trinajstić information content (AvgIpc) is 3.40. The number of anilines is 1. The number of amides is 1. The topological polar surface area (TPSA) is 87.9 Å². The van der Waals surface area contributed by atoms with Gasteiger partial charge in [0.05, 0.1) is 43.9 Å². The summed E-state index contributed by atoms with van der Waals surface area (Å²) in [5.41, 5.74) is 1.63. The second-order valence-corrected chi connectivity index (χ2v) is 9.32. The smallest absolute Gasteiger partial charge is 0.297 e. The zero-order valence-corrected chi connectivity index (χ0v) is 23.8. The summed E-state index contributed by atoms with van der Waals surface area (Å²) in [5, 5.41) is 4.91. The lowest BCUT2D eigenvalue weighted by molar-refractivity contribution is 0.0997. The number of rotatable bonds is 9. The van der Waals surface area contributed by atoms with Crippen molar-refractivity contribution in [1.29, 1.82) is 0 Å². The van der Waals surface area contributed by atoms with Crippen molar-refractivity contribution >= 4 is 34.3 Å². The van der Waals surface area contributed by atoms with E-state index in [4.69, 9.17) is 30.7 Å². The van der Waals surface area contributed by atoms with Gasteiger partial charge in [0.2, 0.25) is 0 Å². The third-order valence-corrected chi connectivity index (χ3v) is 6.68. The summed E-state index contributed by atoms with van der Waals surface area (Å²) in [6.07, 6.45) is 3.03. The van der Waals surface area contributed by atoms with Crippen molar-refractivity contribution in [2.24, 2.45) is 0 Å². The summed E-state index contributed by atoms with van der Waals surface area (Å²) in [6.45, 7) is 3.71. The van der Waals surface area contributed by atoms with Gasteiger partial charge in [-0.3, -0.25) is 9.78 Å². The van der Waals surface area contributed by atoms with E-state index in [-0.39, 0.29) is 29.5 Å². The second-order valence-electron chi connectivity index (χ2n) is 8.99. The lowest BCUT2D eigenvalue weighted by Crippen LogP contribution is -2.22. The van der Waals surface area contributed by atoms with Crippen LogP contribution < -0.4 is 23.4 Å². The molecule has 2 aromatic heterocycles. The number of benzene rings is 3. The number of aryl methyl sites for hydroxylation is 1. The first-order valence-electron chi connectivity index (χ1n) is 12.7. The molecular formula is C30H25ClF2N4O5. The summed E-state index contributed by atoms with van der Waals surface area (Å²) < 4.78 is 53.2. The molecule has 5 aromatic rings. The maximum atomic E-state index is 15.3. The van der Waals surface area contributed by atoms with Gasteiger partial charge in [0.1, 0.15) is 11.6 Å². The highest BCUT2D eigenvalue weighted by Gasteiger charge is 2.26. The predicted molar refractivity (Wildman–Crippen MR) is 153 cm³/mol. The zero-order chi connectivity index (χ0) is 30.0. The normalized spacial score (nSPS) is 10.9. The number of pyridine rings is 1. The fraction of sp³-hybridized carbons (Fsp3) is 0.167. The van der Waals surface area contributed by atoms with Crippen LogP contribution in [0.15, 0.2) is 67.0 Å². The van der Waals surface area contributed by atoms with Crippen molar-refractivity contribution in [2.45, 2.75) is 13.8 Å². The molecule has 0 saturated heterocycles. The van der Waals surface area contributed by atoms with E-state index < -0.39 is 17.5 Å². The van der Waals surface area contributed by atoms with E-state index in [1.54, 1.807) is 32.0 Å². The minimum absolute atomic E-state index is 0.0347. The quantitative estimate of drug-likeness (QED) is 0.170. The molecule has 0 bridgehead atoms. The Morgan fingerprint density at radius 1 is 0.952 bits per heavy atom. The number of methoxy groups -OCH3 is 2. The Labute approximate surface area is 244 Å². The van der Waals surface area contributed by atoms with Crippen molar-refractivity contribution in [1.82, 2.24) is 14.8 Å². The van der Waals surface area contributed by atoms with Gasteiger partial charge in [0, 0.05) is 35.5 Å². The van der Waals surface area contributed by atoms with Crippen LogP contribution in [-0.4, -0.2) is 41.5 Å². The lowest BCUT2D eigenvalue weighted by atomic mass is 10.2. The molecule has 2 heterocycles. The van der Waals surface area contributed by atoms with Gasteiger partial charge < -0.3 is 18.9 Å². The molecule has 0 aliphatic rings. The maximum absolute atomic E-state index is 15.3. The van der Waals surface area contributed by atoms with E-state index in [9.17, 15) is 9.18 Å². The molecule has 0 saturated carbocycles. The first-order chi connectivity index (χ1) is 20.2. The number of halogens is 3. The Hall–Kier alpha value is -4.90. The van der Waals surface area contributed by atoms with Crippen LogP contribution in [-0.2, 0) is 0 Å². The molecule has 0 aliphatic carbocycles. The van der Waals surface area contributed by atoms with Crippen LogP contribution in [0.3, 0.4) is 0 Å². The molecule has 0 aliphatic heterocycles. The molecule has 42 heavy (non-hydrogen) atoms. The van der Waals surface area contributed by atoms with E-state index in [0.717, 1.165) is 10.5 Å². The third kappa shape index (κ3) is 5.51. The Balaban J connectivity index is 1.42. The van der Waals surface area contributed by atoms with Crippen molar-refractivity contribution in [3.8, 4) is 34.4 Å². The molecule has 5 rings (SSSR count). The summed E-state index contributed by atoms with van der Waals surface area (Å²) >= 11 is 6.38. The number of aromatic nitrogens is 3. The standard InChI is InChI=1S/C30H25ClF2N4O5/c1-5-41-28-16-36(23-8-6-18(32)12-17(23)2)35-29(28)30(38)37(31)19-7-9-25(21(33)13-19)42-24-10-11-34-22-15-27(40-4)26(39-3)14-20(22)24/h6-16H,5H2,1-4H3. The molecule has 0 fully saturated rings. The summed E-state index contributed by atoms with van der Waals surface area (Å²) in [5.74, 6) is -0.599. The van der Waals surface area contributed by atoms with Gasteiger partial charge in [-0.15, -0.1) is 0 Å². The largest absolute Gasteiger partial charge is 0.493 e. The van der Waals surface area contributed by atoms with Crippen LogP contribution >= 0.6 is 11.8 Å². The van der Waals surface area contributed by atoms with Crippen LogP contribution in [0.25, 0.3) is 16.6 Å². The number of fused-ring (bicyclic) bond motifs is 1. The molecule has 0 unspecified atom stereocenters. The maximum Gasteiger partial charge on any atom is 0.297 e. The van der Waals surface area contributed by atoms with E-state index in [0.29, 0.717) is 39.4 Å². The number of carbonyl (C=O) groups is 1. The van der Waals surface area contributed by atoms with Gasteiger partial charge in [-0.1, -0.05) is 0 Å². The minimum atomic E-state index is -0.770. The van der Waals surface area contributed by atoms with E-state index in [1.165, 1.54) is 61.6 Å². The Kier molecular flexibility index (Phi) is 8.12. The SMILES string of the molecule is CCOc1cn(-c2ccc(F)cc2C)nc1C(=O)N(Cl)c1ccc(Oc2ccnc3cc(OC)c(OC)cc23)c(F)c1. The Bertz CT molecular complexity index is 1800. The molecular weight excluding hydrogens is 570 g/mol. The molecule has 9 nitrogen and oxygen atoms in total. The van der Waals surface area contributed by atoms with Crippen molar-refractivity contribution in [3.05, 3.63) is 89.9 Å². The Morgan fingerprint density at radius 2 is 1.71 bits per heavy atom. The van der Waals surface area contributed by atoms with E-state index in [1.807, 2.05) is 0 Å². The van der Waals surface area contributed by atoms with E-state index >= 15 is 4.39 Å². The van der Waals surface area contributed by atoms with Crippen LogP contribution in [0.4, 0.5) is 14.5 Å². The van der Waals surface area contributed by atoms with Gasteiger partial charge in [-0.05, 0) is 61.9 Å². The number of nitrogens with zero attached hydrogens (tertiary/aromatic N) is 4. The van der Waals surface area contributed by atoms with Crippen molar-refractivity contribution in [3.63, 3.8) is 0 Å². The number of hydrogen-bond acceptors (Lipinski definition) is 7. The molecule has 3 aromatic carbocycles. The molecule has 0 atom stereocenters. The van der Waals surface area contributed by atoms with Gasteiger partial charge in [0.15, 0.2) is 34.5 Å². The van der Waals surface area contributed by atoms with Gasteiger partial charge in [-0.25, -0.2) is 17.9 Å². The van der Waals surface area contributed by atoms with Gasteiger partial charge >= 0.3 is 0 Å². The fourth-order valence-corrected chi connectivity index (χ4v) is 4.51. The van der Waals surface area contributed by atoms with Crippen molar-refractivity contribution in [2.75, 3.05) is 25.2 Å². The highest BCUT2D eigenvalue weighted by atomic mass is 35.5. The van der Waals surface area contributed by atoms with E-state index in [2.05, 4.69) is 10.1 Å². The molecule has 0 radical (unpaired) electrons. The summed E-state index contributed by atoms with van der Waals surface area (Å²) in [4.78, 5) is 17.7. The van der Waals surface area contributed by atoms with Crippen LogP contribution in [0.2, 0.25) is 0 Å². The predicted octanol–water partition coefficient (Wildman–Crippen LogP) is 7.02. The summed E-state index contributed by atoms with van der Waals surface area (Å²) in [6, 6.07) is 13.0. The molecule has 216 valence electrons. The second kappa shape index (κ2) is 11.9. The first kappa shape index (κ1) is 28.6. The first-order valence-corrected chi connectivity index (χ1v) is 13.0. The van der Waals surface area contributed by atoms with Gasteiger partial charge in [0.25, 0.3) is 5.91 Å². The van der Waals surface area contributed by atoms with Crippen LogP contribution in [0.1, 0.15) is 23.0 Å². The van der Waals surface area contributed by atoms with Crippen LogP contribution in [0, 0.1) is 18.6 Å².